The molecule has 2 rings (SSSR count). The monoisotopic (exact) mass is 251 g/mol. The molecule has 3 heteroatoms. The minimum atomic E-state index is -0.121. The zero-order valence-corrected chi connectivity index (χ0v) is 11.4. The molecule has 0 saturated carbocycles. The molecular weight excluding hydrogens is 233 g/mol. The molecule has 1 heterocycles. The molecule has 0 atom stereocenters. The highest BCUT2D eigenvalue weighted by atomic mass is 32.2. The van der Waals surface area contributed by atoms with Crippen LogP contribution in [0.15, 0.2) is 24.4 Å². The summed E-state index contributed by atoms with van der Waals surface area (Å²) < 4.78 is 16.0. The zero-order chi connectivity index (χ0) is 12.4. The van der Waals surface area contributed by atoms with Crippen molar-refractivity contribution in [2.24, 2.45) is 0 Å². The number of thioether (sulfide) groups is 1. The largest absolute Gasteiger partial charge is 0.342 e. The summed E-state index contributed by atoms with van der Waals surface area (Å²) in [6, 6.07) is 5.64. The van der Waals surface area contributed by atoms with Crippen LogP contribution in [0.2, 0.25) is 0 Å². The van der Waals surface area contributed by atoms with E-state index in [9.17, 15) is 4.39 Å². The molecule has 0 bridgehead atoms. The van der Waals surface area contributed by atoms with Gasteiger partial charge in [-0.25, -0.2) is 4.39 Å². The maximum atomic E-state index is 13.9. The molecule has 2 aromatic rings. The summed E-state index contributed by atoms with van der Waals surface area (Å²) in [4.78, 5) is 0. The molecule has 92 valence electrons. The lowest BCUT2D eigenvalue weighted by Crippen LogP contribution is -1.99. The lowest BCUT2D eigenvalue weighted by molar-refractivity contribution is 0.588. The van der Waals surface area contributed by atoms with Crippen molar-refractivity contribution in [2.75, 3.05) is 5.75 Å². The van der Waals surface area contributed by atoms with Crippen LogP contribution in [-0.2, 0) is 5.75 Å². The fourth-order valence-corrected chi connectivity index (χ4v) is 2.73. The highest BCUT2D eigenvalue weighted by Crippen LogP contribution is 2.29. The Hall–Kier alpha value is -0.960. The Bertz CT molecular complexity index is 516. The Morgan fingerprint density at radius 1 is 1.35 bits per heavy atom. The molecule has 0 N–H and O–H groups in total. The average molecular weight is 251 g/mol. The van der Waals surface area contributed by atoms with Gasteiger partial charge in [0.05, 0.1) is 5.52 Å². The van der Waals surface area contributed by atoms with Crippen LogP contribution in [0.4, 0.5) is 4.39 Å². The van der Waals surface area contributed by atoms with Gasteiger partial charge in [-0.2, -0.15) is 11.8 Å². The van der Waals surface area contributed by atoms with E-state index >= 15 is 0 Å². The number of benzene rings is 1. The molecule has 0 amide bonds. The molecule has 0 aliphatic carbocycles. The molecule has 0 aliphatic rings. The van der Waals surface area contributed by atoms with Crippen LogP contribution in [-0.4, -0.2) is 10.3 Å². The van der Waals surface area contributed by atoms with Gasteiger partial charge in [-0.1, -0.05) is 19.1 Å². The zero-order valence-electron chi connectivity index (χ0n) is 10.5. The summed E-state index contributed by atoms with van der Waals surface area (Å²) >= 11 is 1.87. The number of rotatable bonds is 4. The minimum absolute atomic E-state index is 0.121. The van der Waals surface area contributed by atoms with Crippen molar-refractivity contribution in [3.63, 3.8) is 0 Å². The predicted octanol–water partition coefficient (Wildman–Crippen LogP) is 4.61. The summed E-state index contributed by atoms with van der Waals surface area (Å²) in [7, 11) is 0. The van der Waals surface area contributed by atoms with E-state index in [1.165, 1.54) is 11.6 Å². The maximum absolute atomic E-state index is 13.9. The first kappa shape index (κ1) is 12.5. The second kappa shape index (κ2) is 5.13. The third-order valence-corrected chi connectivity index (χ3v) is 3.83. The van der Waals surface area contributed by atoms with Gasteiger partial charge in [-0.3, -0.25) is 0 Å². The van der Waals surface area contributed by atoms with E-state index < -0.39 is 0 Å². The van der Waals surface area contributed by atoms with Gasteiger partial charge in [0.2, 0.25) is 0 Å². The first-order valence-corrected chi connectivity index (χ1v) is 7.16. The molecule has 0 aliphatic heterocycles. The van der Waals surface area contributed by atoms with Crippen molar-refractivity contribution in [2.45, 2.75) is 32.6 Å². The Labute approximate surface area is 106 Å². The standard InChI is InChI=1S/C14H18FNS/c1-4-17-9-11-8-16(10(2)3)14-12(11)6-5-7-13(14)15/h5-8,10H,4,9H2,1-3H3. The maximum Gasteiger partial charge on any atom is 0.147 e. The lowest BCUT2D eigenvalue weighted by Gasteiger charge is -2.09. The first-order chi connectivity index (χ1) is 8.15. The van der Waals surface area contributed by atoms with Crippen LogP contribution in [0.25, 0.3) is 10.9 Å². The number of hydrogen-bond donors (Lipinski definition) is 0. The van der Waals surface area contributed by atoms with Gasteiger partial charge >= 0.3 is 0 Å². The number of halogens is 1. The van der Waals surface area contributed by atoms with E-state index in [1.54, 1.807) is 6.07 Å². The first-order valence-electron chi connectivity index (χ1n) is 6.00. The number of para-hydroxylation sites is 1. The topological polar surface area (TPSA) is 4.93 Å². The molecule has 0 radical (unpaired) electrons. The fraction of sp³-hybridized carbons (Fsp3) is 0.429. The van der Waals surface area contributed by atoms with Gasteiger partial charge in [0.1, 0.15) is 5.82 Å². The van der Waals surface area contributed by atoms with Crippen molar-refractivity contribution in [3.8, 4) is 0 Å². The number of aromatic nitrogens is 1. The van der Waals surface area contributed by atoms with E-state index in [2.05, 4.69) is 27.0 Å². The number of fused-ring (bicyclic) bond motifs is 1. The van der Waals surface area contributed by atoms with Crippen LogP contribution in [0.1, 0.15) is 32.4 Å². The van der Waals surface area contributed by atoms with Crippen LogP contribution in [0, 0.1) is 5.82 Å². The Balaban J connectivity index is 2.58. The van der Waals surface area contributed by atoms with Crippen molar-refractivity contribution in [1.82, 2.24) is 4.57 Å². The van der Waals surface area contributed by atoms with Gasteiger partial charge in [0.25, 0.3) is 0 Å². The van der Waals surface area contributed by atoms with Crippen molar-refractivity contribution in [1.29, 1.82) is 0 Å². The second-order valence-corrected chi connectivity index (χ2v) is 5.70. The fourth-order valence-electron chi connectivity index (χ4n) is 2.07. The Morgan fingerprint density at radius 3 is 2.76 bits per heavy atom. The average Bonchev–Trinajstić information content (AvgIpc) is 2.67. The molecule has 0 fully saturated rings. The van der Waals surface area contributed by atoms with E-state index in [4.69, 9.17) is 0 Å². The predicted molar refractivity (Wildman–Crippen MR) is 74.1 cm³/mol. The Kier molecular flexibility index (Phi) is 3.77. The van der Waals surface area contributed by atoms with E-state index in [-0.39, 0.29) is 11.9 Å². The minimum Gasteiger partial charge on any atom is -0.342 e. The summed E-state index contributed by atoms with van der Waals surface area (Å²) in [5.74, 6) is 1.92. The molecule has 1 aromatic carbocycles. The van der Waals surface area contributed by atoms with Crippen molar-refractivity contribution >= 4 is 22.7 Å². The highest BCUT2D eigenvalue weighted by molar-refractivity contribution is 7.98. The molecular formula is C14H18FNS. The quantitative estimate of drug-likeness (QED) is 0.768. The SMILES string of the molecule is CCSCc1cn(C(C)C)c2c(F)cccc12. The van der Waals surface area contributed by atoms with Crippen LogP contribution < -0.4 is 0 Å². The molecule has 17 heavy (non-hydrogen) atoms. The smallest absolute Gasteiger partial charge is 0.147 e. The molecule has 0 saturated heterocycles. The van der Waals surface area contributed by atoms with Gasteiger partial charge < -0.3 is 4.57 Å². The molecule has 1 aromatic heterocycles. The van der Waals surface area contributed by atoms with Crippen LogP contribution in [0.5, 0.6) is 0 Å². The highest BCUT2D eigenvalue weighted by Gasteiger charge is 2.13. The molecule has 1 nitrogen and oxygen atoms in total. The van der Waals surface area contributed by atoms with Gasteiger partial charge in [-0.05, 0) is 31.2 Å². The summed E-state index contributed by atoms with van der Waals surface area (Å²) in [6.07, 6.45) is 2.10. The van der Waals surface area contributed by atoms with E-state index in [0.717, 1.165) is 22.4 Å². The van der Waals surface area contributed by atoms with Gasteiger partial charge in [-0.15, -0.1) is 0 Å². The van der Waals surface area contributed by atoms with Gasteiger partial charge in [0, 0.05) is 23.4 Å². The Morgan fingerprint density at radius 2 is 2.12 bits per heavy atom. The molecule has 0 unspecified atom stereocenters. The molecule has 0 spiro atoms. The van der Waals surface area contributed by atoms with Crippen LogP contribution in [0.3, 0.4) is 0 Å². The number of nitrogens with zero attached hydrogens (tertiary/aromatic N) is 1. The third kappa shape index (κ3) is 2.34. The van der Waals surface area contributed by atoms with Crippen molar-refractivity contribution < 1.29 is 4.39 Å². The summed E-state index contributed by atoms with van der Waals surface area (Å²) in [5.41, 5.74) is 1.98. The lowest BCUT2D eigenvalue weighted by atomic mass is 10.2. The van der Waals surface area contributed by atoms with Gasteiger partial charge in [0.15, 0.2) is 0 Å². The second-order valence-electron chi connectivity index (χ2n) is 4.43. The van der Waals surface area contributed by atoms with E-state index in [1.807, 2.05) is 22.4 Å². The van der Waals surface area contributed by atoms with Crippen LogP contribution >= 0.6 is 11.8 Å². The normalized spacial score (nSPS) is 11.6. The summed E-state index contributed by atoms with van der Waals surface area (Å²) in [5, 5.41) is 1.06. The van der Waals surface area contributed by atoms with Crippen molar-refractivity contribution in [3.05, 3.63) is 35.8 Å². The summed E-state index contributed by atoms with van der Waals surface area (Å²) in [6.45, 7) is 6.32. The number of hydrogen-bond acceptors (Lipinski definition) is 1. The third-order valence-electron chi connectivity index (χ3n) is 2.90. The van der Waals surface area contributed by atoms with E-state index in [0.29, 0.717) is 0 Å².